The fourth-order valence-corrected chi connectivity index (χ4v) is 5.83. The lowest BCUT2D eigenvalue weighted by Gasteiger charge is -2.32. The van der Waals surface area contributed by atoms with E-state index in [1.807, 2.05) is 30.5 Å². The van der Waals surface area contributed by atoms with Crippen LogP contribution >= 0.6 is 0 Å². The van der Waals surface area contributed by atoms with Gasteiger partial charge in [-0.3, -0.25) is 14.9 Å². The molecule has 5 aromatic heterocycles. The van der Waals surface area contributed by atoms with Crippen LogP contribution in [0.1, 0.15) is 24.2 Å². The van der Waals surface area contributed by atoms with E-state index >= 15 is 0 Å². The van der Waals surface area contributed by atoms with Gasteiger partial charge in [-0.1, -0.05) is 12.1 Å². The molecule has 0 radical (unpaired) electrons. The molecule has 1 aliphatic rings. The van der Waals surface area contributed by atoms with Crippen molar-refractivity contribution in [3.05, 3.63) is 109 Å². The van der Waals surface area contributed by atoms with E-state index in [0.717, 1.165) is 60.3 Å². The Hall–Kier alpha value is -5.73. The Balaban J connectivity index is 1.13. The largest absolute Gasteiger partial charge is 0.383 e. The second kappa shape index (κ2) is 12.1. The van der Waals surface area contributed by atoms with Gasteiger partial charge in [0.1, 0.15) is 23.5 Å². The van der Waals surface area contributed by atoms with Gasteiger partial charge in [-0.15, -0.1) is 0 Å². The number of likely N-dealkylation sites (tertiary alicyclic amines) is 1. The Morgan fingerprint density at radius 3 is 2.49 bits per heavy atom. The molecule has 7 rings (SSSR count). The third kappa shape index (κ3) is 5.91. The van der Waals surface area contributed by atoms with E-state index in [1.165, 1.54) is 17.8 Å². The predicted octanol–water partition coefficient (Wildman–Crippen LogP) is 5.61. The Labute approximate surface area is 259 Å². The van der Waals surface area contributed by atoms with E-state index in [9.17, 15) is 4.39 Å². The molecule has 10 nitrogen and oxygen atoms in total. The highest BCUT2D eigenvalue weighted by atomic mass is 19.1. The summed E-state index contributed by atoms with van der Waals surface area (Å²) in [5.41, 5.74) is 12.4. The van der Waals surface area contributed by atoms with Crippen LogP contribution < -0.4 is 11.1 Å². The zero-order valence-corrected chi connectivity index (χ0v) is 24.3. The molecule has 45 heavy (non-hydrogen) atoms. The summed E-state index contributed by atoms with van der Waals surface area (Å²) in [5.74, 6) is 0.912. The number of nitrogens with two attached hydrogens (primary N) is 1. The van der Waals surface area contributed by atoms with Crippen molar-refractivity contribution in [1.29, 1.82) is 5.26 Å². The second-order valence-electron chi connectivity index (χ2n) is 11.0. The molecule has 0 atom stereocenters. The summed E-state index contributed by atoms with van der Waals surface area (Å²) in [5, 5.41) is 13.4. The second-order valence-corrected chi connectivity index (χ2v) is 11.0. The highest BCUT2D eigenvalue weighted by molar-refractivity contribution is 5.92. The van der Waals surface area contributed by atoms with Crippen molar-refractivity contribution in [2.75, 3.05) is 24.1 Å². The summed E-state index contributed by atoms with van der Waals surface area (Å²) >= 11 is 0. The van der Waals surface area contributed by atoms with Gasteiger partial charge in [-0.2, -0.15) is 5.26 Å². The molecule has 1 aromatic carbocycles. The van der Waals surface area contributed by atoms with Gasteiger partial charge in [0.05, 0.1) is 28.8 Å². The number of benzene rings is 1. The number of rotatable bonds is 7. The molecule has 0 spiro atoms. The Kier molecular flexibility index (Phi) is 7.55. The summed E-state index contributed by atoms with van der Waals surface area (Å²) in [6.07, 6.45) is 8.25. The Morgan fingerprint density at radius 2 is 1.73 bits per heavy atom. The molecule has 6 heterocycles. The highest BCUT2D eigenvalue weighted by Gasteiger charge is 2.21. The molecule has 3 N–H and O–H groups in total. The number of halogens is 1. The molecule has 0 saturated carbocycles. The van der Waals surface area contributed by atoms with E-state index in [1.54, 1.807) is 24.5 Å². The molecule has 0 unspecified atom stereocenters. The number of anilines is 2. The van der Waals surface area contributed by atoms with E-state index in [-0.39, 0.29) is 5.82 Å². The van der Waals surface area contributed by atoms with E-state index in [4.69, 9.17) is 11.0 Å². The molecule has 1 aliphatic heterocycles. The average molecular weight is 597 g/mol. The standard InChI is InChI=1S/C34H29FN10/c35-24-5-8-28(41-20-24)29-17-30-23(19-40-29)16-31(27-2-1-12-39-34(27)37)45(30)26-6-3-22(4-7-26)21-44-14-10-25(11-15-44)42-32-9-13-38-33(18-36)43-32/h1-9,12-13,16-17,19-20,25H,10-11,14-15,21H2,(H2,37,39)(H,38,42,43). The van der Waals surface area contributed by atoms with Crippen molar-refractivity contribution >= 4 is 22.5 Å². The summed E-state index contributed by atoms with van der Waals surface area (Å²) in [6.45, 7) is 2.75. The lowest BCUT2D eigenvalue weighted by Crippen LogP contribution is -2.38. The first-order valence-corrected chi connectivity index (χ1v) is 14.7. The third-order valence-corrected chi connectivity index (χ3v) is 8.09. The smallest absolute Gasteiger partial charge is 0.234 e. The average Bonchev–Trinajstić information content (AvgIpc) is 3.45. The number of nitrogens with zero attached hydrogens (tertiary/aromatic N) is 8. The van der Waals surface area contributed by atoms with E-state index in [2.05, 4.69) is 70.0 Å². The topological polar surface area (TPSA) is 134 Å². The monoisotopic (exact) mass is 596 g/mol. The van der Waals surface area contributed by atoms with Crippen LogP contribution in [0.2, 0.25) is 0 Å². The summed E-state index contributed by atoms with van der Waals surface area (Å²) in [6, 6.07) is 23.5. The first-order chi connectivity index (χ1) is 22.0. The van der Waals surface area contributed by atoms with Crippen molar-refractivity contribution in [3.8, 4) is 34.4 Å². The SMILES string of the molecule is N#Cc1nccc(NC2CCN(Cc3ccc(-n4c(-c5cccnc5N)cc5cnc(-c6ccc(F)cn6)cc54)cc3)CC2)n1. The van der Waals surface area contributed by atoms with Gasteiger partial charge in [0.15, 0.2) is 0 Å². The van der Waals surface area contributed by atoms with E-state index in [0.29, 0.717) is 29.1 Å². The van der Waals surface area contributed by atoms with Crippen LogP contribution in [0.5, 0.6) is 0 Å². The van der Waals surface area contributed by atoms with Gasteiger partial charge in [0.25, 0.3) is 0 Å². The van der Waals surface area contributed by atoms with Gasteiger partial charge in [0, 0.05) is 60.9 Å². The van der Waals surface area contributed by atoms with Crippen molar-refractivity contribution in [2.45, 2.75) is 25.4 Å². The Bertz CT molecular complexity index is 2010. The number of nitrogens with one attached hydrogen (secondary N) is 1. The maximum Gasteiger partial charge on any atom is 0.234 e. The van der Waals surface area contributed by atoms with Crippen LogP contribution in [0.4, 0.5) is 16.0 Å². The third-order valence-electron chi connectivity index (χ3n) is 8.09. The minimum Gasteiger partial charge on any atom is -0.383 e. The molecule has 0 bridgehead atoms. The van der Waals surface area contributed by atoms with Crippen LogP contribution in [0.15, 0.2) is 91.5 Å². The lowest BCUT2D eigenvalue weighted by atomic mass is 10.0. The minimum absolute atomic E-state index is 0.173. The molecule has 1 saturated heterocycles. The van der Waals surface area contributed by atoms with Crippen LogP contribution in [0, 0.1) is 17.1 Å². The molecule has 222 valence electrons. The number of nitrogen functional groups attached to an aromatic ring is 1. The quantitative estimate of drug-likeness (QED) is 0.241. The summed E-state index contributed by atoms with van der Waals surface area (Å²) in [4.78, 5) is 23.8. The first-order valence-electron chi connectivity index (χ1n) is 14.7. The molecule has 0 aliphatic carbocycles. The molecule has 0 amide bonds. The van der Waals surface area contributed by atoms with E-state index < -0.39 is 5.82 Å². The molecular weight excluding hydrogens is 567 g/mol. The zero-order valence-electron chi connectivity index (χ0n) is 24.3. The van der Waals surface area contributed by atoms with Gasteiger partial charge in [0.2, 0.25) is 5.82 Å². The lowest BCUT2D eigenvalue weighted by molar-refractivity contribution is 0.211. The number of aromatic nitrogens is 6. The fourth-order valence-electron chi connectivity index (χ4n) is 5.83. The maximum atomic E-state index is 13.5. The highest BCUT2D eigenvalue weighted by Crippen LogP contribution is 2.35. The maximum absolute atomic E-state index is 13.5. The molecule has 1 fully saturated rings. The van der Waals surface area contributed by atoms with Gasteiger partial charge in [-0.05, 0) is 73.0 Å². The van der Waals surface area contributed by atoms with Crippen molar-refractivity contribution in [1.82, 2.24) is 34.4 Å². The number of pyridine rings is 3. The summed E-state index contributed by atoms with van der Waals surface area (Å²) < 4.78 is 15.7. The number of hydrogen-bond donors (Lipinski definition) is 2. The molecule has 11 heteroatoms. The van der Waals surface area contributed by atoms with Gasteiger partial charge >= 0.3 is 0 Å². The van der Waals surface area contributed by atoms with Gasteiger partial charge < -0.3 is 15.6 Å². The predicted molar refractivity (Wildman–Crippen MR) is 171 cm³/mol. The minimum atomic E-state index is -0.393. The number of nitriles is 1. The van der Waals surface area contributed by atoms with Gasteiger partial charge in [-0.25, -0.2) is 19.3 Å². The summed E-state index contributed by atoms with van der Waals surface area (Å²) in [7, 11) is 0. The van der Waals surface area contributed by atoms with Crippen LogP contribution in [-0.4, -0.2) is 53.5 Å². The van der Waals surface area contributed by atoms with Crippen molar-refractivity contribution < 1.29 is 4.39 Å². The number of fused-ring (bicyclic) bond motifs is 1. The molecule has 6 aromatic rings. The molecular formula is C34H29FN10. The van der Waals surface area contributed by atoms with Crippen LogP contribution in [-0.2, 0) is 6.54 Å². The van der Waals surface area contributed by atoms with Crippen LogP contribution in [0.25, 0.3) is 39.2 Å². The normalized spacial score (nSPS) is 14.0. The number of piperidine rings is 1. The first kappa shape index (κ1) is 28.1. The van der Waals surface area contributed by atoms with Crippen molar-refractivity contribution in [3.63, 3.8) is 0 Å². The fraction of sp³-hybridized carbons (Fsp3) is 0.176. The van der Waals surface area contributed by atoms with Crippen molar-refractivity contribution in [2.24, 2.45) is 0 Å². The zero-order chi connectivity index (χ0) is 30.8. The Morgan fingerprint density at radius 1 is 0.911 bits per heavy atom. The van der Waals surface area contributed by atoms with Crippen LogP contribution in [0.3, 0.4) is 0 Å². The number of hydrogen-bond acceptors (Lipinski definition) is 9.